The molecule has 0 amide bonds. The number of carbonyl (C=O) groups excluding carboxylic acids is 1. The van der Waals surface area contributed by atoms with Gasteiger partial charge in [-0.15, -0.1) is 0 Å². The molecule has 0 aliphatic heterocycles. The van der Waals surface area contributed by atoms with Crippen LogP contribution in [0.15, 0.2) is 24.4 Å². The minimum atomic E-state index is -0.631. The highest BCUT2D eigenvalue weighted by atomic mass is 32.1. The van der Waals surface area contributed by atoms with Crippen LogP contribution in [0.25, 0.3) is 0 Å². The molecule has 5 heteroatoms. The minimum absolute atomic E-state index is 0.0198. The SMILES string of the molecule is CCC(OC(=O)C(C(=S)NC)c1ccccn1)C1CCCCC1. The average molecular weight is 334 g/mol. The van der Waals surface area contributed by atoms with Gasteiger partial charge < -0.3 is 10.1 Å². The van der Waals surface area contributed by atoms with E-state index in [0.717, 1.165) is 19.3 Å². The lowest BCUT2D eigenvalue weighted by atomic mass is 9.84. The first-order chi connectivity index (χ1) is 11.2. The standard InChI is InChI=1S/C18H26N2O2S/c1-3-15(13-9-5-4-6-10-13)22-18(21)16(17(23)19-2)14-11-7-8-12-20-14/h7-8,11-13,15-16H,3-6,9-10H2,1-2H3,(H,19,23). The maximum Gasteiger partial charge on any atom is 0.322 e. The molecule has 1 saturated carbocycles. The highest BCUT2D eigenvalue weighted by Gasteiger charge is 2.32. The van der Waals surface area contributed by atoms with Crippen LogP contribution < -0.4 is 5.32 Å². The van der Waals surface area contributed by atoms with E-state index >= 15 is 0 Å². The first kappa shape index (κ1) is 17.9. The maximum atomic E-state index is 12.8. The van der Waals surface area contributed by atoms with E-state index < -0.39 is 5.92 Å². The van der Waals surface area contributed by atoms with E-state index in [-0.39, 0.29) is 12.1 Å². The Labute approximate surface area is 144 Å². The van der Waals surface area contributed by atoms with E-state index in [1.807, 2.05) is 18.2 Å². The van der Waals surface area contributed by atoms with Gasteiger partial charge in [0.05, 0.1) is 10.7 Å². The summed E-state index contributed by atoms with van der Waals surface area (Å²) in [5.74, 6) is -0.445. The van der Waals surface area contributed by atoms with Crippen LogP contribution in [0.5, 0.6) is 0 Å². The van der Waals surface area contributed by atoms with Crippen molar-refractivity contribution < 1.29 is 9.53 Å². The third kappa shape index (κ3) is 4.74. The van der Waals surface area contributed by atoms with E-state index in [1.54, 1.807) is 13.2 Å². The van der Waals surface area contributed by atoms with Gasteiger partial charge in [-0.1, -0.05) is 44.5 Å². The number of nitrogens with one attached hydrogen (secondary N) is 1. The number of esters is 1. The molecule has 0 aromatic carbocycles. The molecule has 1 fully saturated rings. The van der Waals surface area contributed by atoms with Crippen molar-refractivity contribution in [1.29, 1.82) is 0 Å². The van der Waals surface area contributed by atoms with Crippen molar-refractivity contribution in [2.45, 2.75) is 57.5 Å². The molecule has 23 heavy (non-hydrogen) atoms. The molecule has 1 aromatic heterocycles. The molecule has 2 rings (SSSR count). The van der Waals surface area contributed by atoms with Crippen LogP contribution in [0.4, 0.5) is 0 Å². The van der Waals surface area contributed by atoms with Gasteiger partial charge in [0.2, 0.25) is 0 Å². The highest BCUT2D eigenvalue weighted by molar-refractivity contribution is 7.80. The molecule has 126 valence electrons. The monoisotopic (exact) mass is 334 g/mol. The number of hydrogen-bond acceptors (Lipinski definition) is 4. The summed E-state index contributed by atoms with van der Waals surface area (Å²) < 4.78 is 5.87. The van der Waals surface area contributed by atoms with Crippen LogP contribution in [-0.2, 0) is 9.53 Å². The summed E-state index contributed by atoms with van der Waals surface area (Å²) in [6, 6.07) is 5.50. The predicted molar refractivity (Wildman–Crippen MR) is 95.4 cm³/mol. The van der Waals surface area contributed by atoms with Gasteiger partial charge in [-0.05, 0) is 37.3 Å². The molecular formula is C18H26N2O2S. The fraction of sp³-hybridized carbons (Fsp3) is 0.611. The summed E-state index contributed by atoms with van der Waals surface area (Å²) in [6.07, 6.45) is 8.56. The van der Waals surface area contributed by atoms with Gasteiger partial charge >= 0.3 is 5.97 Å². The number of thiocarbonyl (C=S) groups is 1. The van der Waals surface area contributed by atoms with Crippen LogP contribution in [0.3, 0.4) is 0 Å². The van der Waals surface area contributed by atoms with Gasteiger partial charge in [0.15, 0.2) is 0 Å². The van der Waals surface area contributed by atoms with Crippen molar-refractivity contribution in [2.24, 2.45) is 5.92 Å². The van der Waals surface area contributed by atoms with E-state index in [9.17, 15) is 4.79 Å². The Kier molecular flexibility index (Phi) is 6.96. The average Bonchev–Trinajstić information content (AvgIpc) is 2.61. The van der Waals surface area contributed by atoms with Crippen molar-refractivity contribution in [3.63, 3.8) is 0 Å². The molecule has 1 aliphatic carbocycles. The highest BCUT2D eigenvalue weighted by Crippen LogP contribution is 2.30. The molecule has 1 aliphatic rings. The number of carbonyl (C=O) groups is 1. The van der Waals surface area contributed by atoms with Crippen molar-refractivity contribution in [3.05, 3.63) is 30.1 Å². The third-order valence-corrected chi connectivity index (χ3v) is 5.01. The topological polar surface area (TPSA) is 51.2 Å². The number of aromatic nitrogens is 1. The van der Waals surface area contributed by atoms with Crippen LogP contribution in [0, 0.1) is 5.92 Å². The summed E-state index contributed by atoms with van der Waals surface area (Å²) in [5, 5.41) is 2.91. The maximum absolute atomic E-state index is 12.8. The van der Waals surface area contributed by atoms with Crippen molar-refractivity contribution in [2.75, 3.05) is 7.05 Å². The molecule has 1 N–H and O–H groups in total. The van der Waals surface area contributed by atoms with Gasteiger partial charge in [-0.2, -0.15) is 0 Å². The zero-order valence-corrected chi connectivity index (χ0v) is 14.8. The molecule has 4 nitrogen and oxygen atoms in total. The summed E-state index contributed by atoms with van der Waals surface area (Å²) >= 11 is 5.33. The van der Waals surface area contributed by atoms with Crippen LogP contribution in [0.1, 0.15) is 57.1 Å². The number of hydrogen-bond donors (Lipinski definition) is 1. The molecule has 1 heterocycles. The van der Waals surface area contributed by atoms with Gasteiger partial charge in [0.25, 0.3) is 0 Å². The van der Waals surface area contributed by atoms with E-state index in [1.165, 1.54) is 19.3 Å². The van der Waals surface area contributed by atoms with E-state index in [0.29, 0.717) is 16.6 Å². The Morgan fingerprint density at radius 2 is 2.13 bits per heavy atom. The number of nitrogens with zero attached hydrogens (tertiary/aromatic N) is 1. The lowest BCUT2D eigenvalue weighted by Crippen LogP contribution is -2.36. The van der Waals surface area contributed by atoms with Crippen LogP contribution in [0.2, 0.25) is 0 Å². The smallest absolute Gasteiger partial charge is 0.322 e. The summed E-state index contributed by atoms with van der Waals surface area (Å²) in [6.45, 7) is 2.08. The number of rotatable bonds is 6. The molecule has 0 bridgehead atoms. The minimum Gasteiger partial charge on any atom is -0.461 e. The van der Waals surface area contributed by atoms with E-state index in [4.69, 9.17) is 17.0 Å². The van der Waals surface area contributed by atoms with Gasteiger partial charge in [0.1, 0.15) is 12.0 Å². The second kappa shape index (κ2) is 8.96. The summed E-state index contributed by atoms with van der Waals surface area (Å²) in [4.78, 5) is 17.5. The van der Waals surface area contributed by atoms with Crippen molar-refractivity contribution in [3.8, 4) is 0 Å². The third-order valence-electron chi connectivity index (χ3n) is 4.57. The Hall–Kier alpha value is -1.49. The molecule has 2 atom stereocenters. The zero-order valence-electron chi connectivity index (χ0n) is 14.0. The molecular weight excluding hydrogens is 308 g/mol. The summed E-state index contributed by atoms with van der Waals surface area (Å²) in [5.41, 5.74) is 0.635. The van der Waals surface area contributed by atoms with Crippen LogP contribution in [-0.4, -0.2) is 29.1 Å². The van der Waals surface area contributed by atoms with E-state index in [2.05, 4.69) is 17.2 Å². The molecule has 0 spiro atoms. The van der Waals surface area contributed by atoms with Crippen molar-refractivity contribution >= 4 is 23.2 Å². The number of pyridine rings is 1. The number of ether oxygens (including phenoxy) is 1. The lowest BCUT2D eigenvalue weighted by molar-refractivity contribution is -0.152. The van der Waals surface area contributed by atoms with Gasteiger partial charge in [0, 0.05) is 13.2 Å². The Morgan fingerprint density at radius 3 is 2.70 bits per heavy atom. The Morgan fingerprint density at radius 1 is 1.39 bits per heavy atom. The molecule has 0 saturated heterocycles. The zero-order chi connectivity index (χ0) is 16.7. The van der Waals surface area contributed by atoms with Gasteiger partial charge in [-0.3, -0.25) is 9.78 Å². The Balaban J connectivity index is 2.11. The first-order valence-corrected chi connectivity index (χ1v) is 8.91. The predicted octanol–water partition coefficient (Wildman–Crippen LogP) is 3.61. The quantitative estimate of drug-likeness (QED) is 0.636. The summed E-state index contributed by atoms with van der Waals surface area (Å²) in [7, 11) is 1.73. The molecule has 1 aromatic rings. The fourth-order valence-corrected chi connectivity index (χ4v) is 3.51. The van der Waals surface area contributed by atoms with Crippen LogP contribution >= 0.6 is 12.2 Å². The fourth-order valence-electron chi connectivity index (χ4n) is 3.29. The largest absolute Gasteiger partial charge is 0.461 e. The lowest BCUT2D eigenvalue weighted by Gasteiger charge is -2.30. The molecule has 2 unspecified atom stereocenters. The van der Waals surface area contributed by atoms with Gasteiger partial charge in [-0.25, -0.2) is 0 Å². The first-order valence-electron chi connectivity index (χ1n) is 8.50. The normalized spacial score (nSPS) is 18.0. The second-order valence-corrected chi connectivity index (χ2v) is 6.52. The second-order valence-electron chi connectivity index (χ2n) is 6.08. The number of likely N-dealkylation sites (N-methyl/N-ethyl adjacent to an activating group) is 1. The van der Waals surface area contributed by atoms with Crippen molar-refractivity contribution in [1.82, 2.24) is 10.3 Å². The Bertz CT molecular complexity index is 515. The molecule has 0 radical (unpaired) electrons.